The van der Waals surface area contributed by atoms with Gasteiger partial charge in [0.15, 0.2) is 5.78 Å². The number of rotatable bonds is 4. The molecule has 1 aromatic carbocycles. The fourth-order valence-electron chi connectivity index (χ4n) is 1.16. The van der Waals surface area contributed by atoms with Gasteiger partial charge in [-0.05, 0) is 24.3 Å². The summed E-state index contributed by atoms with van der Waals surface area (Å²) in [5, 5.41) is 10.2. The summed E-state index contributed by atoms with van der Waals surface area (Å²) in [4.78, 5) is 11.5. The van der Waals surface area contributed by atoms with E-state index in [0.717, 1.165) is 6.08 Å². The van der Waals surface area contributed by atoms with Gasteiger partial charge in [0.1, 0.15) is 11.5 Å². The van der Waals surface area contributed by atoms with Crippen LogP contribution in [0.5, 0.6) is 11.5 Å². The molecule has 0 heterocycles. The fraction of sp³-hybridized carbons (Fsp3) is 0.182. The Morgan fingerprint density at radius 2 is 2.00 bits per heavy atom. The minimum Gasteiger partial charge on any atom is -0.878 e. The molecule has 0 radical (unpaired) electrons. The van der Waals surface area contributed by atoms with Crippen molar-refractivity contribution < 1.29 is 48.9 Å². The molecule has 0 N–H and O–H groups in total. The molecule has 0 bridgehead atoms. The molecule has 0 unspecified atom stereocenters. The minimum atomic E-state index is -0.402. The molecule has 1 rings (SSSR count). The molecule has 0 aliphatic carbocycles. The van der Waals surface area contributed by atoms with Gasteiger partial charge in [-0.2, -0.15) is 0 Å². The standard InChI is InChI=1S/C11H12O4.Na/c1-14-8-3-4-11(15-2)9(7-8)10(13)5-6-12;/h3-7,12H,1-2H3;/q;+1/p-1. The van der Waals surface area contributed by atoms with Crippen LogP contribution in [0.1, 0.15) is 10.4 Å². The van der Waals surface area contributed by atoms with Gasteiger partial charge in [-0.3, -0.25) is 4.79 Å². The fourth-order valence-corrected chi connectivity index (χ4v) is 1.16. The van der Waals surface area contributed by atoms with E-state index in [1.165, 1.54) is 20.3 Å². The van der Waals surface area contributed by atoms with Crippen molar-refractivity contribution >= 4 is 5.78 Å². The van der Waals surface area contributed by atoms with Crippen LogP contribution in [0, 0.1) is 0 Å². The number of allylic oxidation sites excluding steroid dienone is 1. The maximum absolute atomic E-state index is 11.5. The summed E-state index contributed by atoms with van der Waals surface area (Å²) in [7, 11) is 2.96. The summed E-state index contributed by atoms with van der Waals surface area (Å²) >= 11 is 0. The van der Waals surface area contributed by atoms with Crippen LogP contribution >= 0.6 is 0 Å². The third kappa shape index (κ3) is 3.56. The number of hydrogen-bond acceptors (Lipinski definition) is 4. The van der Waals surface area contributed by atoms with E-state index in [9.17, 15) is 9.90 Å². The van der Waals surface area contributed by atoms with E-state index in [1.807, 2.05) is 0 Å². The number of ether oxygens (including phenoxy) is 2. The smallest absolute Gasteiger partial charge is 0.878 e. The largest absolute Gasteiger partial charge is 1.00 e. The van der Waals surface area contributed by atoms with Crippen molar-refractivity contribution in [3.05, 3.63) is 36.1 Å². The summed E-state index contributed by atoms with van der Waals surface area (Å²) in [6.45, 7) is 0. The van der Waals surface area contributed by atoms with Crippen LogP contribution < -0.4 is 44.1 Å². The molecule has 16 heavy (non-hydrogen) atoms. The van der Waals surface area contributed by atoms with Crippen LogP contribution in [0.2, 0.25) is 0 Å². The van der Waals surface area contributed by atoms with Crippen LogP contribution in [0.25, 0.3) is 0 Å². The van der Waals surface area contributed by atoms with E-state index in [0.29, 0.717) is 23.3 Å². The van der Waals surface area contributed by atoms with Crippen molar-refractivity contribution in [3.8, 4) is 11.5 Å². The van der Waals surface area contributed by atoms with Crippen molar-refractivity contribution in [3.63, 3.8) is 0 Å². The number of benzene rings is 1. The first-order chi connectivity index (χ1) is 7.22. The summed E-state index contributed by atoms with van der Waals surface area (Å²) < 4.78 is 9.97. The normalized spacial score (nSPS) is 9.62. The summed E-state index contributed by atoms with van der Waals surface area (Å²) in [6, 6.07) is 4.82. The molecular weight excluding hydrogens is 219 g/mol. The Bertz CT molecular complexity index is 388. The molecular formula is C11H11NaO4. The molecule has 0 aliphatic rings. The van der Waals surface area contributed by atoms with E-state index in [4.69, 9.17) is 9.47 Å². The maximum Gasteiger partial charge on any atom is 1.00 e. The molecule has 0 saturated carbocycles. The van der Waals surface area contributed by atoms with E-state index in [-0.39, 0.29) is 29.6 Å². The predicted molar refractivity (Wildman–Crippen MR) is 53.0 cm³/mol. The molecule has 0 atom stereocenters. The van der Waals surface area contributed by atoms with E-state index in [1.54, 1.807) is 12.1 Å². The number of methoxy groups -OCH3 is 2. The first kappa shape index (κ1) is 15.0. The second-order valence-electron chi connectivity index (χ2n) is 2.73. The second-order valence-corrected chi connectivity index (χ2v) is 2.73. The quantitative estimate of drug-likeness (QED) is 0.254. The third-order valence-electron chi connectivity index (χ3n) is 1.89. The molecule has 0 aliphatic heterocycles. The van der Waals surface area contributed by atoms with Crippen molar-refractivity contribution in [2.45, 2.75) is 0 Å². The van der Waals surface area contributed by atoms with Crippen molar-refractivity contribution in [1.29, 1.82) is 0 Å². The van der Waals surface area contributed by atoms with Crippen LogP contribution in [0.4, 0.5) is 0 Å². The van der Waals surface area contributed by atoms with Crippen molar-refractivity contribution in [2.75, 3.05) is 14.2 Å². The molecule has 0 fully saturated rings. The van der Waals surface area contributed by atoms with Crippen LogP contribution in [-0.4, -0.2) is 20.0 Å². The topological polar surface area (TPSA) is 58.6 Å². The van der Waals surface area contributed by atoms with Gasteiger partial charge in [0.25, 0.3) is 0 Å². The molecule has 0 saturated heterocycles. The van der Waals surface area contributed by atoms with Crippen molar-refractivity contribution in [2.24, 2.45) is 0 Å². The Labute approximate surface area is 116 Å². The average molecular weight is 230 g/mol. The van der Waals surface area contributed by atoms with Gasteiger partial charge >= 0.3 is 29.6 Å². The monoisotopic (exact) mass is 230 g/mol. The zero-order valence-electron chi connectivity index (χ0n) is 9.52. The Balaban J connectivity index is 0.00000225. The number of hydrogen-bond donors (Lipinski definition) is 0. The van der Waals surface area contributed by atoms with Gasteiger partial charge in [-0.1, -0.05) is 0 Å². The molecule has 0 amide bonds. The van der Waals surface area contributed by atoms with Crippen LogP contribution in [0.3, 0.4) is 0 Å². The first-order valence-electron chi connectivity index (χ1n) is 4.27. The van der Waals surface area contributed by atoms with Gasteiger partial charge < -0.3 is 14.6 Å². The van der Waals surface area contributed by atoms with E-state index < -0.39 is 5.78 Å². The van der Waals surface area contributed by atoms with Crippen LogP contribution in [0.15, 0.2) is 30.5 Å². The Hall–Kier alpha value is -0.970. The van der Waals surface area contributed by atoms with Gasteiger partial charge in [-0.25, -0.2) is 0 Å². The molecule has 4 nitrogen and oxygen atoms in total. The summed E-state index contributed by atoms with van der Waals surface area (Å²) in [5.41, 5.74) is 0.309. The molecule has 0 aromatic heterocycles. The zero-order chi connectivity index (χ0) is 11.3. The minimum absolute atomic E-state index is 0. The van der Waals surface area contributed by atoms with Gasteiger partial charge in [-0.15, -0.1) is 6.26 Å². The number of carbonyl (C=O) groups is 1. The molecule has 5 heteroatoms. The summed E-state index contributed by atoms with van der Waals surface area (Å²) in [5.74, 6) is 0.554. The average Bonchev–Trinajstić information content (AvgIpc) is 2.28. The summed E-state index contributed by atoms with van der Waals surface area (Å²) in [6.07, 6.45) is 1.39. The van der Waals surface area contributed by atoms with Crippen molar-refractivity contribution in [1.82, 2.24) is 0 Å². The Morgan fingerprint density at radius 1 is 1.31 bits per heavy atom. The number of carbonyl (C=O) groups excluding carboxylic acids is 1. The first-order valence-corrected chi connectivity index (χ1v) is 4.27. The van der Waals surface area contributed by atoms with Gasteiger partial charge in [0, 0.05) is 0 Å². The zero-order valence-corrected chi connectivity index (χ0v) is 11.5. The predicted octanol–water partition coefficient (Wildman–Crippen LogP) is -2.24. The molecule has 0 spiro atoms. The third-order valence-corrected chi connectivity index (χ3v) is 1.89. The molecule has 80 valence electrons. The Kier molecular flexibility index (Phi) is 6.88. The van der Waals surface area contributed by atoms with E-state index >= 15 is 0 Å². The van der Waals surface area contributed by atoms with Crippen LogP contribution in [-0.2, 0) is 0 Å². The van der Waals surface area contributed by atoms with E-state index in [2.05, 4.69) is 0 Å². The maximum atomic E-state index is 11.5. The Morgan fingerprint density at radius 3 is 2.50 bits per heavy atom. The SMILES string of the molecule is COc1ccc(OC)c(C(=O)C=C[O-])c1.[Na+]. The van der Waals surface area contributed by atoms with Gasteiger partial charge in [0.2, 0.25) is 0 Å². The van der Waals surface area contributed by atoms with Gasteiger partial charge in [0.05, 0.1) is 19.8 Å². The molecule has 1 aromatic rings. The second kappa shape index (κ2) is 7.33. The number of ketones is 1.